The van der Waals surface area contributed by atoms with Crippen LogP contribution >= 0.6 is 11.6 Å². The molecule has 0 N–H and O–H groups in total. The Hall–Kier alpha value is -2.80. The number of aryl methyl sites for hydroxylation is 4. The molecule has 0 radical (unpaired) electrons. The van der Waals surface area contributed by atoms with E-state index in [1.54, 1.807) is 7.05 Å². The van der Waals surface area contributed by atoms with Gasteiger partial charge in [-0.1, -0.05) is 29.8 Å². The number of benzene rings is 1. The summed E-state index contributed by atoms with van der Waals surface area (Å²) in [4.78, 5) is 30.9. The molecule has 0 saturated heterocycles. The lowest BCUT2D eigenvalue weighted by Crippen LogP contribution is -2.39. The highest BCUT2D eigenvalue weighted by Crippen LogP contribution is 2.20. The second-order valence-electron chi connectivity index (χ2n) is 7.15. The summed E-state index contributed by atoms with van der Waals surface area (Å²) in [6, 6.07) is 7.81. The highest BCUT2D eigenvalue weighted by Gasteiger charge is 2.22. The van der Waals surface area contributed by atoms with E-state index in [9.17, 15) is 9.59 Å². The molecule has 4 rings (SSSR count). The van der Waals surface area contributed by atoms with Crippen LogP contribution in [0.15, 0.2) is 33.9 Å². The molecule has 0 aliphatic rings. The molecule has 0 bridgehead atoms. The second-order valence-corrected chi connectivity index (χ2v) is 7.53. The minimum atomic E-state index is -0.377. The standard InChI is InChI=1S/C20H22ClN5O2/c1-12-6-5-7-15(10-12)11-25-18(27)16-17(23(4)20(25)28)22-19-24(9-8-21)13(2)14(3)26(16)19/h5-7,10H,8-9,11H2,1-4H3. The van der Waals surface area contributed by atoms with Crippen molar-refractivity contribution >= 4 is 28.5 Å². The zero-order valence-electron chi connectivity index (χ0n) is 16.4. The van der Waals surface area contributed by atoms with E-state index in [2.05, 4.69) is 4.98 Å². The summed E-state index contributed by atoms with van der Waals surface area (Å²) in [5.74, 6) is 1.07. The van der Waals surface area contributed by atoms with Gasteiger partial charge in [0.05, 0.1) is 6.54 Å². The first-order valence-electron chi connectivity index (χ1n) is 9.14. The number of halogens is 1. The first-order valence-corrected chi connectivity index (χ1v) is 9.67. The number of imidazole rings is 2. The highest BCUT2D eigenvalue weighted by atomic mass is 35.5. The van der Waals surface area contributed by atoms with Gasteiger partial charge in [-0.2, -0.15) is 4.98 Å². The number of fused-ring (bicyclic) bond motifs is 3. The Labute approximate surface area is 166 Å². The van der Waals surface area contributed by atoms with Crippen LogP contribution in [0.4, 0.5) is 0 Å². The highest BCUT2D eigenvalue weighted by molar-refractivity contribution is 6.17. The van der Waals surface area contributed by atoms with Gasteiger partial charge in [0.2, 0.25) is 5.78 Å². The molecule has 0 aliphatic heterocycles. The molecule has 0 fully saturated rings. The average Bonchev–Trinajstić information content (AvgIpc) is 3.16. The molecule has 4 aromatic rings. The van der Waals surface area contributed by atoms with Crippen LogP contribution in [0, 0.1) is 20.8 Å². The monoisotopic (exact) mass is 399 g/mol. The topological polar surface area (TPSA) is 66.2 Å². The van der Waals surface area contributed by atoms with E-state index >= 15 is 0 Å². The molecule has 0 atom stereocenters. The van der Waals surface area contributed by atoms with E-state index in [0.717, 1.165) is 22.5 Å². The maximum Gasteiger partial charge on any atom is 0.332 e. The normalized spacial score (nSPS) is 11.8. The van der Waals surface area contributed by atoms with Crippen LogP contribution in [0.5, 0.6) is 0 Å². The van der Waals surface area contributed by atoms with Gasteiger partial charge in [0.25, 0.3) is 5.56 Å². The van der Waals surface area contributed by atoms with Crippen molar-refractivity contribution in [1.82, 2.24) is 23.1 Å². The van der Waals surface area contributed by atoms with Gasteiger partial charge in [-0.05, 0) is 26.3 Å². The molecule has 3 heterocycles. The molecule has 28 heavy (non-hydrogen) atoms. The fourth-order valence-electron chi connectivity index (χ4n) is 3.80. The Balaban J connectivity index is 2.06. The number of alkyl halides is 1. The van der Waals surface area contributed by atoms with Gasteiger partial charge in [-0.25, -0.2) is 4.79 Å². The van der Waals surface area contributed by atoms with Crippen molar-refractivity contribution in [3.05, 3.63) is 67.6 Å². The molecule has 0 unspecified atom stereocenters. The fourth-order valence-corrected chi connectivity index (χ4v) is 3.97. The summed E-state index contributed by atoms with van der Waals surface area (Å²) in [6.07, 6.45) is 0. The zero-order valence-corrected chi connectivity index (χ0v) is 17.1. The van der Waals surface area contributed by atoms with Crippen LogP contribution < -0.4 is 11.2 Å². The Kier molecular flexibility index (Phi) is 4.42. The largest absolute Gasteiger partial charge is 0.332 e. The maximum absolute atomic E-state index is 13.4. The van der Waals surface area contributed by atoms with Gasteiger partial charge in [-0.3, -0.25) is 18.3 Å². The molecule has 0 aliphatic carbocycles. The molecule has 0 spiro atoms. The predicted molar refractivity (Wildman–Crippen MR) is 111 cm³/mol. The summed E-state index contributed by atoms with van der Waals surface area (Å²) in [5, 5.41) is 0. The van der Waals surface area contributed by atoms with E-state index < -0.39 is 0 Å². The van der Waals surface area contributed by atoms with Crippen molar-refractivity contribution < 1.29 is 0 Å². The molecule has 146 valence electrons. The van der Waals surface area contributed by atoms with Gasteiger partial charge in [0, 0.05) is 30.9 Å². The van der Waals surface area contributed by atoms with Crippen molar-refractivity contribution in [3.8, 4) is 0 Å². The first kappa shape index (κ1) is 18.6. The van der Waals surface area contributed by atoms with E-state index in [0.29, 0.717) is 29.4 Å². The number of nitrogens with zero attached hydrogens (tertiary/aromatic N) is 5. The Morgan fingerprint density at radius 3 is 2.50 bits per heavy atom. The third-order valence-corrected chi connectivity index (χ3v) is 5.53. The van der Waals surface area contributed by atoms with Crippen LogP contribution in [0.1, 0.15) is 22.5 Å². The molecular formula is C20H22ClN5O2. The van der Waals surface area contributed by atoms with Crippen LogP contribution in [0.25, 0.3) is 16.9 Å². The second kappa shape index (κ2) is 6.67. The average molecular weight is 400 g/mol. The molecule has 7 nitrogen and oxygen atoms in total. The van der Waals surface area contributed by atoms with Crippen molar-refractivity contribution in [2.45, 2.75) is 33.9 Å². The quantitative estimate of drug-likeness (QED) is 0.495. The van der Waals surface area contributed by atoms with Crippen molar-refractivity contribution in [2.75, 3.05) is 5.88 Å². The fraction of sp³-hybridized carbons (Fsp3) is 0.350. The number of rotatable bonds is 4. The van der Waals surface area contributed by atoms with Crippen LogP contribution in [0.3, 0.4) is 0 Å². The third-order valence-electron chi connectivity index (χ3n) is 5.36. The van der Waals surface area contributed by atoms with E-state index in [-0.39, 0.29) is 17.8 Å². The molecular weight excluding hydrogens is 378 g/mol. The minimum Gasteiger partial charge on any atom is -0.313 e. The summed E-state index contributed by atoms with van der Waals surface area (Å²) >= 11 is 5.95. The lowest BCUT2D eigenvalue weighted by molar-refractivity contribution is 0.656. The van der Waals surface area contributed by atoms with Crippen molar-refractivity contribution in [1.29, 1.82) is 0 Å². The van der Waals surface area contributed by atoms with Crippen LogP contribution in [0.2, 0.25) is 0 Å². The molecule has 8 heteroatoms. The molecule has 0 saturated carbocycles. The molecule has 0 amide bonds. The van der Waals surface area contributed by atoms with Crippen molar-refractivity contribution in [3.63, 3.8) is 0 Å². The predicted octanol–water partition coefficient (Wildman–Crippen LogP) is 2.36. The van der Waals surface area contributed by atoms with Crippen LogP contribution in [-0.2, 0) is 20.1 Å². The SMILES string of the molecule is Cc1cccc(Cn2c(=O)c3c(nc4n(CCCl)c(C)c(C)n34)n(C)c2=O)c1. The Bertz CT molecular complexity index is 1340. The van der Waals surface area contributed by atoms with E-state index in [1.807, 2.05) is 54.0 Å². The van der Waals surface area contributed by atoms with Gasteiger partial charge in [0.15, 0.2) is 11.2 Å². The summed E-state index contributed by atoms with van der Waals surface area (Å²) in [7, 11) is 1.65. The van der Waals surface area contributed by atoms with E-state index in [1.165, 1.54) is 9.13 Å². The summed E-state index contributed by atoms with van der Waals surface area (Å²) in [5.41, 5.74) is 4.00. The van der Waals surface area contributed by atoms with Crippen molar-refractivity contribution in [2.24, 2.45) is 7.05 Å². The van der Waals surface area contributed by atoms with Crippen LogP contribution in [-0.4, -0.2) is 29.0 Å². The molecule has 3 aromatic heterocycles. The lowest BCUT2D eigenvalue weighted by atomic mass is 10.1. The Morgan fingerprint density at radius 2 is 1.82 bits per heavy atom. The van der Waals surface area contributed by atoms with Gasteiger partial charge < -0.3 is 4.57 Å². The number of hydrogen-bond acceptors (Lipinski definition) is 3. The Morgan fingerprint density at radius 1 is 1.07 bits per heavy atom. The van der Waals surface area contributed by atoms with Gasteiger partial charge >= 0.3 is 5.69 Å². The van der Waals surface area contributed by atoms with Gasteiger partial charge in [-0.15, -0.1) is 11.6 Å². The smallest absolute Gasteiger partial charge is 0.313 e. The van der Waals surface area contributed by atoms with Gasteiger partial charge in [0.1, 0.15) is 0 Å². The summed E-state index contributed by atoms with van der Waals surface area (Å²) in [6.45, 7) is 6.72. The third kappa shape index (κ3) is 2.61. The zero-order chi connectivity index (χ0) is 20.2. The molecule has 1 aromatic carbocycles. The lowest BCUT2D eigenvalue weighted by Gasteiger charge is -2.09. The maximum atomic E-state index is 13.4. The number of aromatic nitrogens is 5. The number of hydrogen-bond donors (Lipinski definition) is 0. The first-order chi connectivity index (χ1) is 13.3. The summed E-state index contributed by atoms with van der Waals surface area (Å²) < 4.78 is 6.54. The minimum absolute atomic E-state index is 0.219. The van der Waals surface area contributed by atoms with E-state index in [4.69, 9.17) is 11.6 Å².